The van der Waals surface area contributed by atoms with E-state index in [0.717, 1.165) is 37.7 Å². The Morgan fingerprint density at radius 2 is 1.78 bits per heavy atom. The second-order valence-electron chi connectivity index (χ2n) is 8.13. The average molecular weight is 456 g/mol. The Kier molecular flexibility index (Phi) is 9.89. The molecule has 1 aromatic heterocycles. The molecule has 0 aliphatic heterocycles. The number of carbonyl (C=O) groups is 1. The van der Waals surface area contributed by atoms with Crippen LogP contribution in [0.4, 0.5) is 0 Å². The van der Waals surface area contributed by atoms with Crippen LogP contribution in [0.15, 0.2) is 48.5 Å². The fraction of sp³-hybridized carbons (Fsp3) is 0.462. The van der Waals surface area contributed by atoms with Crippen LogP contribution >= 0.6 is 11.6 Å². The van der Waals surface area contributed by atoms with E-state index < -0.39 is 0 Å². The summed E-state index contributed by atoms with van der Waals surface area (Å²) in [6.07, 6.45) is 9.04. The molecule has 3 aromatic rings. The number of aromatic nitrogens is 2. The van der Waals surface area contributed by atoms with Gasteiger partial charge >= 0.3 is 0 Å². The molecule has 1 N–H and O–H groups in total. The van der Waals surface area contributed by atoms with Crippen LogP contribution in [-0.2, 0) is 17.8 Å². The minimum absolute atomic E-state index is 0.0175. The quantitative estimate of drug-likeness (QED) is 0.295. The van der Waals surface area contributed by atoms with Gasteiger partial charge in [0.05, 0.1) is 11.0 Å². The van der Waals surface area contributed by atoms with Gasteiger partial charge in [-0.1, -0.05) is 56.3 Å². The minimum atomic E-state index is -0.103. The molecule has 2 aromatic carbocycles. The molecule has 0 aliphatic carbocycles. The van der Waals surface area contributed by atoms with Crippen LogP contribution < -0.4 is 10.1 Å². The van der Waals surface area contributed by atoms with E-state index in [1.165, 1.54) is 37.0 Å². The Morgan fingerprint density at radius 3 is 2.59 bits per heavy atom. The molecular weight excluding hydrogens is 422 g/mol. The van der Waals surface area contributed by atoms with E-state index in [-0.39, 0.29) is 12.5 Å². The summed E-state index contributed by atoms with van der Waals surface area (Å²) >= 11 is 5.85. The molecule has 0 aliphatic rings. The summed E-state index contributed by atoms with van der Waals surface area (Å²) in [7, 11) is 0. The lowest BCUT2D eigenvalue weighted by molar-refractivity contribution is -0.123. The number of unbranched alkanes of at least 4 members (excludes halogenated alkanes) is 5. The first kappa shape index (κ1) is 24.1. The molecule has 0 bridgehead atoms. The number of nitrogens with zero attached hydrogens (tertiary/aromatic N) is 2. The van der Waals surface area contributed by atoms with E-state index in [4.69, 9.17) is 21.3 Å². The predicted molar refractivity (Wildman–Crippen MR) is 131 cm³/mol. The molecule has 6 heteroatoms. The number of para-hydroxylation sites is 2. The molecular formula is C26H34ClN3O2. The fourth-order valence-electron chi connectivity index (χ4n) is 3.81. The van der Waals surface area contributed by atoms with Crippen LogP contribution in [0.5, 0.6) is 5.75 Å². The van der Waals surface area contributed by atoms with E-state index in [1.807, 2.05) is 0 Å². The van der Waals surface area contributed by atoms with E-state index >= 15 is 0 Å². The number of hydrogen-bond donors (Lipinski definition) is 1. The number of imidazole rings is 1. The summed E-state index contributed by atoms with van der Waals surface area (Å²) in [5, 5.41) is 3.57. The minimum Gasteiger partial charge on any atom is -0.484 e. The fourth-order valence-corrected chi connectivity index (χ4v) is 3.93. The number of ether oxygens (including phenoxy) is 1. The first-order valence-electron chi connectivity index (χ1n) is 11.8. The van der Waals surface area contributed by atoms with Crippen molar-refractivity contribution in [1.82, 2.24) is 14.9 Å². The zero-order valence-corrected chi connectivity index (χ0v) is 19.7. The van der Waals surface area contributed by atoms with Gasteiger partial charge in [0.1, 0.15) is 11.6 Å². The number of benzene rings is 2. The van der Waals surface area contributed by atoms with Crippen LogP contribution in [0.3, 0.4) is 0 Å². The second-order valence-corrected chi connectivity index (χ2v) is 8.57. The molecule has 0 saturated heterocycles. The Bertz CT molecular complexity index is 969. The average Bonchev–Trinajstić information content (AvgIpc) is 3.16. The highest BCUT2D eigenvalue weighted by Gasteiger charge is 2.10. The van der Waals surface area contributed by atoms with Gasteiger partial charge in [-0.15, -0.1) is 0 Å². The van der Waals surface area contributed by atoms with Gasteiger partial charge in [0, 0.05) is 24.5 Å². The van der Waals surface area contributed by atoms with Crippen LogP contribution in [0.1, 0.15) is 57.7 Å². The Hall–Kier alpha value is -2.53. The molecule has 5 nitrogen and oxygen atoms in total. The van der Waals surface area contributed by atoms with Gasteiger partial charge in [0.15, 0.2) is 6.61 Å². The van der Waals surface area contributed by atoms with Crippen LogP contribution in [0.25, 0.3) is 11.0 Å². The molecule has 3 rings (SSSR count). The summed E-state index contributed by atoms with van der Waals surface area (Å²) in [5.41, 5.74) is 2.33. The van der Waals surface area contributed by atoms with Gasteiger partial charge in [0.25, 0.3) is 5.91 Å². The number of hydrogen-bond acceptors (Lipinski definition) is 3. The maximum Gasteiger partial charge on any atom is 0.257 e. The number of halogens is 1. The maximum absolute atomic E-state index is 12.0. The van der Waals surface area contributed by atoms with Crippen molar-refractivity contribution in [3.05, 3.63) is 59.4 Å². The van der Waals surface area contributed by atoms with Crippen LogP contribution in [0, 0.1) is 0 Å². The Balaban J connectivity index is 1.36. The topological polar surface area (TPSA) is 56.2 Å². The number of amides is 1. The molecule has 0 spiro atoms. The summed E-state index contributed by atoms with van der Waals surface area (Å²) in [6, 6.07) is 15.4. The lowest BCUT2D eigenvalue weighted by atomic mass is 10.1. The smallest absolute Gasteiger partial charge is 0.257 e. The zero-order chi connectivity index (χ0) is 22.6. The van der Waals surface area contributed by atoms with Gasteiger partial charge in [0.2, 0.25) is 0 Å². The second kappa shape index (κ2) is 13.1. The Labute approximate surface area is 196 Å². The summed E-state index contributed by atoms with van der Waals surface area (Å²) < 4.78 is 7.87. The Morgan fingerprint density at radius 1 is 1.00 bits per heavy atom. The van der Waals surface area contributed by atoms with Crippen LogP contribution in [0.2, 0.25) is 5.02 Å². The van der Waals surface area contributed by atoms with Gasteiger partial charge in [-0.05, 0) is 55.7 Å². The van der Waals surface area contributed by atoms with Crippen molar-refractivity contribution in [3.63, 3.8) is 0 Å². The van der Waals surface area contributed by atoms with Gasteiger partial charge in [-0.3, -0.25) is 4.79 Å². The van der Waals surface area contributed by atoms with Crippen molar-refractivity contribution in [1.29, 1.82) is 0 Å². The standard InChI is InChI=1S/C26H34ClN3O2/c1-2-3-4-10-19-30-24-12-8-7-11-23(24)29-25(30)13-6-5-9-18-28-26(31)20-32-22-16-14-21(27)15-17-22/h7-8,11-12,14-17H,2-6,9-10,13,18-20H2,1H3,(H,28,31). The highest BCUT2D eigenvalue weighted by atomic mass is 35.5. The number of nitrogens with one attached hydrogen (secondary N) is 1. The third-order valence-corrected chi connectivity index (χ3v) is 5.80. The number of aryl methyl sites for hydroxylation is 2. The summed E-state index contributed by atoms with van der Waals surface area (Å²) in [5.74, 6) is 1.72. The van der Waals surface area contributed by atoms with Gasteiger partial charge in [-0.25, -0.2) is 4.98 Å². The largest absolute Gasteiger partial charge is 0.484 e. The molecule has 0 saturated carbocycles. The van der Waals surface area contributed by atoms with Gasteiger partial charge in [-0.2, -0.15) is 0 Å². The van der Waals surface area contributed by atoms with Crippen molar-refractivity contribution in [2.45, 2.75) is 64.8 Å². The SMILES string of the molecule is CCCCCCn1c(CCCCCNC(=O)COc2ccc(Cl)cc2)nc2ccccc21. The molecule has 0 unspecified atom stereocenters. The van der Waals surface area contributed by atoms with E-state index in [2.05, 4.69) is 41.1 Å². The van der Waals surface area contributed by atoms with Crippen molar-refractivity contribution in [2.24, 2.45) is 0 Å². The highest BCUT2D eigenvalue weighted by molar-refractivity contribution is 6.30. The van der Waals surface area contributed by atoms with Crippen molar-refractivity contribution >= 4 is 28.5 Å². The van der Waals surface area contributed by atoms with E-state index in [1.54, 1.807) is 24.3 Å². The molecule has 0 atom stereocenters. The molecule has 1 heterocycles. The van der Waals surface area contributed by atoms with Crippen LogP contribution in [-0.4, -0.2) is 28.6 Å². The van der Waals surface area contributed by atoms with E-state index in [9.17, 15) is 4.79 Å². The third-order valence-electron chi connectivity index (χ3n) is 5.55. The van der Waals surface area contributed by atoms with Crippen molar-refractivity contribution in [2.75, 3.05) is 13.2 Å². The molecule has 32 heavy (non-hydrogen) atoms. The third kappa shape index (κ3) is 7.56. The molecule has 0 fully saturated rings. The van der Waals surface area contributed by atoms with E-state index in [0.29, 0.717) is 17.3 Å². The predicted octanol–water partition coefficient (Wildman–Crippen LogP) is 6.18. The number of fused-ring (bicyclic) bond motifs is 1. The van der Waals surface area contributed by atoms with Gasteiger partial charge < -0.3 is 14.6 Å². The lowest BCUT2D eigenvalue weighted by Crippen LogP contribution is -2.29. The number of carbonyl (C=O) groups excluding carboxylic acids is 1. The number of rotatable bonds is 14. The van der Waals surface area contributed by atoms with Crippen molar-refractivity contribution in [3.8, 4) is 5.75 Å². The molecule has 172 valence electrons. The first-order chi connectivity index (χ1) is 15.7. The monoisotopic (exact) mass is 455 g/mol. The first-order valence-corrected chi connectivity index (χ1v) is 12.1. The van der Waals surface area contributed by atoms with Crippen molar-refractivity contribution < 1.29 is 9.53 Å². The highest BCUT2D eigenvalue weighted by Crippen LogP contribution is 2.19. The molecule has 0 radical (unpaired) electrons. The zero-order valence-electron chi connectivity index (χ0n) is 19.0. The lowest BCUT2D eigenvalue weighted by Gasteiger charge is -2.10. The maximum atomic E-state index is 12.0. The summed E-state index contributed by atoms with van der Waals surface area (Å²) in [4.78, 5) is 16.8. The summed E-state index contributed by atoms with van der Waals surface area (Å²) in [6.45, 7) is 3.96. The normalized spacial score (nSPS) is 11.1. The molecule has 1 amide bonds.